The molecule has 0 radical (unpaired) electrons. The van der Waals surface area contributed by atoms with Crippen molar-refractivity contribution in [3.05, 3.63) is 35.4 Å². The molecule has 2 rings (SSSR count). The highest BCUT2D eigenvalue weighted by Crippen LogP contribution is 2.13. The van der Waals surface area contributed by atoms with Crippen LogP contribution in [0.25, 0.3) is 0 Å². The number of nitrogens with zero attached hydrogens (tertiary/aromatic N) is 2. The van der Waals surface area contributed by atoms with E-state index in [0.29, 0.717) is 13.0 Å². The molecule has 1 saturated heterocycles. The Balaban J connectivity index is 1.80. The van der Waals surface area contributed by atoms with Crippen LogP contribution in [0.4, 0.5) is 0 Å². The van der Waals surface area contributed by atoms with E-state index in [0.717, 1.165) is 39.1 Å². The molecule has 0 atom stereocenters. The van der Waals surface area contributed by atoms with Gasteiger partial charge in [-0.3, -0.25) is 9.69 Å². The largest absolute Gasteiger partial charge is 0.340 e. The molecular weight excluding hydrogens is 250 g/mol. The van der Waals surface area contributed by atoms with Crippen molar-refractivity contribution in [3.63, 3.8) is 0 Å². The highest BCUT2D eigenvalue weighted by molar-refractivity contribution is 5.76. The second kappa shape index (κ2) is 7.41. The number of amides is 1. The molecule has 0 aromatic heterocycles. The molecule has 1 fully saturated rings. The Bertz CT molecular complexity index is 439. The second-order valence-electron chi connectivity index (χ2n) is 5.48. The molecule has 0 saturated carbocycles. The Morgan fingerprint density at radius 3 is 2.55 bits per heavy atom. The van der Waals surface area contributed by atoms with E-state index in [2.05, 4.69) is 36.1 Å². The molecule has 1 aromatic rings. The fraction of sp³-hybridized carbons (Fsp3) is 0.562. The normalized spacial score (nSPS) is 16.4. The van der Waals surface area contributed by atoms with Crippen molar-refractivity contribution in [3.8, 4) is 0 Å². The molecule has 4 heteroatoms. The first-order chi connectivity index (χ1) is 9.70. The number of hydrogen-bond donors (Lipinski definition) is 1. The van der Waals surface area contributed by atoms with Crippen LogP contribution in [-0.4, -0.2) is 48.4 Å². The lowest BCUT2D eigenvalue weighted by Crippen LogP contribution is -2.48. The van der Waals surface area contributed by atoms with Gasteiger partial charge in [0.25, 0.3) is 0 Å². The molecule has 0 aliphatic carbocycles. The number of piperazine rings is 1. The molecule has 0 bridgehead atoms. The predicted molar refractivity (Wildman–Crippen MR) is 81.3 cm³/mol. The van der Waals surface area contributed by atoms with Crippen molar-refractivity contribution >= 4 is 5.91 Å². The quantitative estimate of drug-likeness (QED) is 0.883. The number of carbonyl (C=O) groups excluding carboxylic acids is 1. The van der Waals surface area contributed by atoms with Gasteiger partial charge in [-0.15, -0.1) is 0 Å². The number of carbonyl (C=O) groups is 1. The van der Waals surface area contributed by atoms with Crippen LogP contribution in [0.15, 0.2) is 24.3 Å². The van der Waals surface area contributed by atoms with Crippen LogP contribution >= 0.6 is 0 Å². The summed E-state index contributed by atoms with van der Waals surface area (Å²) in [6, 6.07) is 8.51. The van der Waals surface area contributed by atoms with Gasteiger partial charge in [0.15, 0.2) is 0 Å². The maximum Gasteiger partial charge on any atom is 0.222 e. The van der Waals surface area contributed by atoms with Gasteiger partial charge in [-0.05, 0) is 31.0 Å². The van der Waals surface area contributed by atoms with E-state index in [1.807, 2.05) is 4.90 Å². The van der Waals surface area contributed by atoms with E-state index in [1.165, 1.54) is 11.1 Å². The van der Waals surface area contributed by atoms with Crippen molar-refractivity contribution < 1.29 is 4.79 Å². The second-order valence-corrected chi connectivity index (χ2v) is 5.48. The van der Waals surface area contributed by atoms with Crippen LogP contribution < -0.4 is 5.73 Å². The van der Waals surface area contributed by atoms with E-state index in [1.54, 1.807) is 0 Å². The van der Waals surface area contributed by atoms with Gasteiger partial charge in [-0.25, -0.2) is 0 Å². The van der Waals surface area contributed by atoms with Crippen molar-refractivity contribution in [2.45, 2.75) is 26.3 Å². The van der Waals surface area contributed by atoms with Gasteiger partial charge in [-0.2, -0.15) is 0 Å². The fourth-order valence-electron chi connectivity index (χ4n) is 2.60. The summed E-state index contributed by atoms with van der Waals surface area (Å²) in [4.78, 5) is 16.3. The molecule has 0 unspecified atom stereocenters. The molecule has 110 valence electrons. The Morgan fingerprint density at radius 1 is 1.20 bits per heavy atom. The standard InChI is InChI=1S/C16H25N3O/c1-14-5-2-3-6-15(14)13-18-9-11-19(12-10-18)16(20)7-4-8-17/h2-3,5-6H,4,7-13,17H2,1H3. The van der Waals surface area contributed by atoms with Gasteiger partial charge in [0, 0.05) is 39.1 Å². The maximum absolute atomic E-state index is 11.9. The summed E-state index contributed by atoms with van der Waals surface area (Å²) in [6.45, 7) is 7.34. The van der Waals surface area contributed by atoms with Crippen molar-refractivity contribution in [2.24, 2.45) is 5.73 Å². The summed E-state index contributed by atoms with van der Waals surface area (Å²) in [5, 5.41) is 0. The van der Waals surface area contributed by atoms with Crippen LogP contribution in [0.2, 0.25) is 0 Å². The third-order valence-electron chi connectivity index (χ3n) is 3.97. The average Bonchev–Trinajstić information content (AvgIpc) is 2.48. The van der Waals surface area contributed by atoms with Gasteiger partial charge in [0.2, 0.25) is 5.91 Å². The summed E-state index contributed by atoms with van der Waals surface area (Å²) in [5.41, 5.74) is 8.18. The fourth-order valence-corrected chi connectivity index (χ4v) is 2.60. The van der Waals surface area contributed by atoms with Crippen molar-refractivity contribution in [1.29, 1.82) is 0 Å². The maximum atomic E-state index is 11.9. The Labute approximate surface area is 121 Å². The van der Waals surface area contributed by atoms with Crippen molar-refractivity contribution in [2.75, 3.05) is 32.7 Å². The van der Waals surface area contributed by atoms with Crippen LogP contribution in [0.5, 0.6) is 0 Å². The SMILES string of the molecule is Cc1ccccc1CN1CCN(C(=O)CCCN)CC1. The minimum Gasteiger partial charge on any atom is -0.340 e. The molecule has 1 aliphatic heterocycles. The topological polar surface area (TPSA) is 49.6 Å². The Kier molecular flexibility index (Phi) is 5.56. The third-order valence-corrected chi connectivity index (χ3v) is 3.97. The number of nitrogens with two attached hydrogens (primary N) is 1. The number of rotatable bonds is 5. The third kappa shape index (κ3) is 4.05. The predicted octanol–water partition coefficient (Wildman–Crippen LogP) is 1.38. The van der Waals surface area contributed by atoms with E-state index >= 15 is 0 Å². The highest BCUT2D eigenvalue weighted by atomic mass is 16.2. The smallest absolute Gasteiger partial charge is 0.222 e. The molecule has 1 amide bonds. The first-order valence-electron chi connectivity index (χ1n) is 7.45. The van der Waals surface area contributed by atoms with E-state index in [-0.39, 0.29) is 5.91 Å². The van der Waals surface area contributed by atoms with Crippen LogP contribution in [0.1, 0.15) is 24.0 Å². The Morgan fingerprint density at radius 2 is 1.90 bits per heavy atom. The van der Waals surface area contributed by atoms with Gasteiger partial charge >= 0.3 is 0 Å². The first kappa shape index (κ1) is 15.0. The first-order valence-corrected chi connectivity index (χ1v) is 7.45. The molecule has 2 N–H and O–H groups in total. The van der Waals surface area contributed by atoms with Crippen molar-refractivity contribution in [1.82, 2.24) is 9.80 Å². The summed E-state index contributed by atoms with van der Waals surface area (Å²) in [6.07, 6.45) is 1.39. The summed E-state index contributed by atoms with van der Waals surface area (Å²) >= 11 is 0. The number of hydrogen-bond acceptors (Lipinski definition) is 3. The number of benzene rings is 1. The van der Waals surface area contributed by atoms with Gasteiger partial charge in [-0.1, -0.05) is 24.3 Å². The minimum absolute atomic E-state index is 0.256. The van der Waals surface area contributed by atoms with Crippen LogP contribution in [0, 0.1) is 6.92 Å². The lowest BCUT2D eigenvalue weighted by Gasteiger charge is -2.35. The highest BCUT2D eigenvalue weighted by Gasteiger charge is 2.20. The van der Waals surface area contributed by atoms with Gasteiger partial charge in [0.05, 0.1) is 0 Å². The Hall–Kier alpha value is -1.39. The zero-order valence-electron chi connectivity index (χ0n) is 12.3. The van der Waals surface area contributed by atoms with Gasteiger partial charge in [0.1, 0.15) is 0 Å². The van der Waals surface area contributed by atoms with Gasteiger partial charge < -0.3 is 10.6 Å². The lowest BCUT2D eigenvalue weighted by molar-refractivity contribution is -0.133. The summed E-state index contributed by atoms with van der Waals surface area (Å²) in [7, 11) is 0. The molecular formula is C16H25N3O. The summed E-state index contributed by atoms with van der Waals surface area (Å²) < 4.78 is 0. The molecule has 1 heterocycles. The van der Waals surface area contributed by atoms with Crippen LogP contribution in [-0.2, 0) is 11.3 Å². The molecule has 4 nitrogen and oxygen atoms in total. The molecule has 20 heavy (non-hydrogen) atoms. The van der Waals surface area contributed by atoms with E-state index in [9.17, 15) is 4.79 Å². The zero-order chi connectivity index (χ0) is 14.4. The molecule has 1 aromatic carbocycles. The molecule has 1 aliphatic rings. The van der Waals surface area contributed by atoms with Crippen LogP contribution in [0.3, 0.4) is 0 Å². The average molecular weight is 275 g/mol. The lowest BCUT2D eigenvalue weighted by atomic mass is 10.1. The van der Waals surface area contributed by atoms with E-state index < -0.39 is 0 Å². The van der Waals surface area contributed by atoms with E-state index in [4.69, 9.17) is 5.73 Å². The summed E-state index contributed by atoms with van der Waals surface area (Å²) in [5.74, 6) is 0.256. The zero-order valence-corrected chi connectivity index (χ0v) is 12.3. The monoisotopic (exact) mass is 275 g/mol. The molecule has 0 spiro atoms. The number of aryl methyl sites for hydroxylation is 1. The minimum atomic E-state index is 0.256.